The highest BCUT2D eigenvalue weighted by molar-refractivity contribution is 5.91. The molecule has 1 heterocycles. The maximum Gasteiger partial charge on any atom is 0.320 e. The van der Waals surface area contributed by atoms with E-state index in [1.807, 2.05) is 13.8 Å². The zero-order valence-corrected chi connectivity index (χ0v) is 11.7. The van der Waals surface area contributed by atoms with Crippen molar-refractivity contribution in [1.29, 1.82) is 0 Å². The Labute approximate surface area is 117 Å². The van der Waals surface area contributed by atoms with Crippen LogP contribution in [0.1, 0.15) is 32.7 Å². The van der Waals surface area contributed by atoms with E-state index in [0.717, 1.165) is 12.8 Å². The van der Waals surface area contributed by atoms with Crippen LogP contribution in [0.4, 0.5) is 5.82 Å². The third-order valence-corrected chi connectivity index (χ3v) is 3.27. The van der Waals surface area contributed by atoms with E-state index in [1.54, 1.807) is 16.9 Å². The second kappa shape index (κ2) is 6.04. The van der Waals surface area contributed by atoms with Gasteiger partial charge in [0.1, 0.15) is 11.9 Å². The van der Waals surface area contributed by atoms with Gasteiger partial charge in [-0.3, -0.25) is 14.9 Å². The molecule has 0 aromatic carbocycles. The standard InChI is InChI=1S/C13H20N4O3/c1-8(2)17-10(5-6-15-17)16-11(18)7-14-12(13(19)20)9-3-4-9/h5-6,8-9,12,14H,3-4,7H2,1-2H3,(H,16,18)(H,19,20). The molecule has 2 rings (SSSR count). The Morgan fingerprint density at radius 2 is 2.20 bits per heavy atom. The van der Waals surface area contributed by atoms with Crippen LogP contribution < -0.4 is 10.6 Å². The van der Waals surface area contributed by atoms with Crippen LogP contribution in [-0.2, 0) is 9.59 Å². The lowest BCUT2D eigenvalue weighted by molar-refractivity contribution is -0.140. The molecule has 1 aromatic heterocycles. The monoisotopic (exact) mass is 280 g/mol. The van der Waals surface area contributed by atoms with Crippen molar-refractivity contribution in [2.45, 2.75) is 38.8 Å². The van der Waals surface area contributed by atoms with Gasteiger partial charge in [-0.15, -0.1) is 0 Å². The highest BCUT2D eigenvalue weighted by Crippen LogP contribution is 2.32. The number of carbonyl (C=O) groups is 2. The van der Waals surface area contributed by atoms with Crippen LogP contribution in [0.3, 0.4) is 0 Å². The van der Waals surface area contributed by atoms with E-state index in [2.05, 4.69) is 15.7 Å². The summed E-state index contributed by atoms with van der Waals surface area (Å²) in [5.41, 5.74) is 0. The van der Waals surface area contributed by atoms with Crippen molar-refractivity contribution in [3.8, 4) is 0 Å². The van der Waals surface area contributed by atoms with Crippen molar-refractivity contribution in [2.24, 2.45) is 5.92 Å². The Bertz CT molecular complexity index is 494. The molecule has 0 bridgehead atoms. The molecule has 0 saturated heterocycles. The van der Waals surface area contributed by atoms with E-state index in [1.165, 1.54) is 0 Å². The maximum absolute atomic E-state index is 11.8. The van der Waals surface area contributed by atoms with Gasteiger partial charge in [-0.1, -0.05) is 0 Å². The molecule has 3 N–H and O–H groups in total. The lowest BCUT2D eigenvalue weighted by Crippen LogP contribution is -2.42. The number of hydrogen-bond acceptors (Lipinski definition) is 4. The SMILES string of the molecule is CC(C)n1nccc1NC(=O)CNC(C(=O)O)C1CC1. The molecule has 20 heavy (non-hydrogen) atoms. The first-order valence-electron chi connectivity index (χ1n) is 6.78. The van der Waals surface area contributed by atoms with Crippen LogP contribution in [0.2, 0.25) is 0 Å². The summed E-state index contributed by atoms with van der Waals surface area (Å²) in [7, 11) is 0. The number of nitrogens with one attached hydrogen (secondary N) is 2. The Kier molecular flexibility index (Phi) is 4.39. The number of aliphatic carboxylic acids is 1. The molecule has 1 atom stereocenters. The fraction of sp³-hybridized carbons (Fsp3) is 0.615. The summed E-state index contributed by atoms with van der Waals surface area (Å²) >= 11 is 0. The van der Waals surface area contributed by atoms with Crippen molar-refractivity contribution < 1.29 is 14.7 Å². The second-order valence-electron chi connectivity index (χ2n) is 5.34. The van der Waals surface area contributed by atoms with E-state index in [9.17, 15) is 9.59 Å². The van der Waals surface area contributed by atoms with Crippen molar-refractivity contribution in [3.05, 3.63) is 12.3 Å². The zero-order chi connectivity index (χ0) is 14.7. The van der Waals surface area contributed by atoms with Crippen molar-refractivity contribution in [2.75, 3.05) is 11.9 Å². The number of anilines is 1. The normalized spacial score (nSPS) is 16.1. The quantitative estimate of drug-likeness (QED) is 0.688. The largest absolute Gasteiger partial charge is 0.480 e. The Hall–Kier alpha value is -1.89. The number of aromatic nitrogens is 2. The smallest absolute Gasteiger partial charge is 0.320 e. The van der Waals surface area contributed by atoms with E-state index in [0.29, 0.717) is 5.82 Å². The Morgan fingerprint density at radius 3 is 2.75 bits per heavy atom. The first kappa shape index (κ1) is 14.5. The van der Waals surface area contributed by atoms with Gasteiger partial charge in [0.2, 0.25) is 5.91 Å². The van der Waals surface area contributed by atoms with Crippen molar-refractivity contribution in [1.82, 2.24) is 15.1 Å². The molecular weight excluding hydrogens is 260 g/mol. The summed E-state index contributed by atoms with van der Waals surface area (Å²) < 4.78 is 1.70. The van der Waals surface area contributed by atoms with Gasteiger partial charge in [-0.25, -0.2) is 4.68 Å². The molecule has 1 aromatic rings. The minimum atomic E-state index is -0.896. The van der Waals surface area contributed by atoms with Gasteiger partial charge < -0.3 is 10.4 Å². The van der Waals surface area contributed by atoms with E-state index in [-0.39, 0.29) is 24.4 Å². The van der Waals surface area contributed by atoms with Gasteiger partial charge in [0.15, 0.2) is 0 Å². The molecule has 1 saturated carbocycles. The van der Waals surface area contributed by atoms with E-state index in [4.69, 9.17) is 5.11 Å². The lowest BCUT2D eigenvalue weighted by atomic mass is 10.2. The zero-order valence-electron chi connectivity index (χ0n) is 11.7. The molecule has 1 amide bonds. The molecule has 110 valence electrons. The molecule has 0 radical (unpaired) electrons. The minimum Gasteiger partial charge on any atom is -0.480 e. The predicted octanol–water partition coefficient (Wildman–Crippen LogP) is 0.855. The first-order valence-corrected chi connectivity index (χ1v) is 6.78. The molecule has 7 nitrogen and oxygen atoms in total. The molecule has 1 fully saturated rings. The van der Waals surface area contributed by atoms with Gasteiger partial charge in [-0.2, -0.15) is 5.10 Å². The second-order valence-corrected chi connectivity index (χ2v) is 5.34. The highest BCUT2D eigenvalue weighted by Gasteiger charge is 2.36. The molecule has 0 spiro atoms. The minimum absolute atomic E-state index is 0.0171. The summed E-state index contributed by atoms with van der Waals surface area (Å²) in [6.07, 6.45) is 3.44. The van der Waals surface area contributed by atoms with Crippen LogP contribution in [0.15, 0.2) is 12.3 Å². The van der Waals surface area contributed by atoms with Gasteiger partial charge in [0.25, 0.3) is 0 Å². The molecule has 7 heteroatoms. The summed E-state index contributed by atoms with van der Waals surface area (Å²) in [5.74, 6) is -0.390. The Morgan fingerprint density at radius 1 is 1.50 bits per heavy atom. The van der Waals surface area contributed by atoms with Crippen molar-refractivity contribution in [3.63, 3.8) is 0 Å². The number of carbonyl (C=O) groups excluding carboxylic acids is 1. The maximum atomic E-state index is 11.8. The molecular formula is C13H20N4O3. The number of nitrogens with zero attached hydrogens (tertiary/aromatic N) is 2. The highest BCUT2D eigenvalue weighted by atomic mass is 16.4. The summed E-state index contributed by atoms with van der Waals surface area (Å²) in [5, 5.41) is 18.7. The third kappa shape index (κ3) is 3.57. The molecule has 1 unspecified atom stereocenters. The van der Waals surface area contributed by atoms with E-state index < -0.39 is 12.0 Å². The van der Waals surface area contributed by atoms with Crippen LogP contribution in [-0.4, -0.2) is 39.4 Å². The average Bonchev–Trinajstić information content (AvgIpc) is 3.08. The topological polar surface area (TPSA) is 96.3 Å². The van der Waals surface area contributed by atoms with Gasteiger partial charge in [0, 0.05) is 12.1 Å². The summed E-state index contributed by atoms with van der Waals surface area (Å²) in [6.45, 7) is 3.92. The van der Waals surface area contributed by atoms with Crippen LogP contribution in [0.25, 0.3) is 0 Å². The van der Waals surface area contributed by atoms with Crippen LogP contribution >= 0.6 is 0 Å². The van der Waals surface area contributed by atoms with Crippen LogP contribution in [0.5, 0.6) is 0 Å². The fourth-order valence-electron chi connectivity index (χ4n) is 2.10. The lowest BCUT2D eigenvalue weighted by Gasteiger charge is -2.14. The number of hydrogen-bond donors (Lipinski definition) is 3. The molecule has 1 aliphatic carbocycles. The van der Waals surface area contributed by atoms with Crippen LogP contribution in [0, 0.1) is 5.92 Å². The van der Waals surface area contributed by atoms with Crippen molar-refractivity contribution >= 4 is 17.7 Å². The van der Waals surface area contributed by atoms with Gasteiger partial charge in [0.05, 0.1) is 12.7 Å². The van der Waals surface area contributed by atoms with Gasteiger partial charge in [-0.05, 0) is 32.6 Å². The fourth-order valence-corrected chi connectivity index (χ4v) is 2.10. The predicted molar refractivity (Wildman–Crippen MR) is 73.4 cm³/mol. The first-order chi connectivity index (χ1) is 9.49. The van der Waals surface area contributed by atoms with E-state index >= 15 is 0 Å². The number of carboxylic acids is 1. The van der Waals surface area contributed by atoms with Gasteiger partial charge >= 0.3 is 5.97 Å². The summed E-state index contributed by atoms with van der Waals surface area (Å²) in [4.78, 5) is 22.9. The summed E-state index contributed by atoms with van der Waals surface area (Å²) in [6, 6.07) is 1.23. The Balaban J connectivity index is 1.86. The molecule has 0 aliphatic heterocycles. The third-order valence-electron chi connectivity index (χ3n) is 3.27. The number of rotatable bonds is 7. The number of amides is 1. The average molecular weight is 280 g/mol. The molecule has 1 aliphatic rings. The number of carboxylic acid groups (broad SMARTS) is 1.